The van der Waals surface area contributed by atoms with E-state index in [2.05, 4.69) is 5.32 Å². The Morgan fingerprint density at radius 2 is 1.85 bits per heavy atom. The third-order valence-corrected chi connectivity index (χ3v) is 3.18. The van der Waals surface area contributed by atoms with Crippen molar-refractivity contribution in [3.8, 4) is 0 Å². The van der Waals surface area contributed by atoms with Crippen LogP contribution in [0.15, 0.2) is 36.4 Å². The Kier molecular flexibility index (Phi) is 4.47. The van der Waals surface area contributed by atoms with Gasteiger partial charge in [0.05, 0.1) is 22.2 Å². The molecule has 0 fully saturated rings. The van der Waals surface area contributed by atoms with Gasteiger partial charge < -0.3 is 11.1 Å². The maximum Gasteiger partial charge on any atom is 0.228 e. The van der Waals surface area contributed by atoms with Gasteiger partial charge in [-0.2, -0.15) is 0 Å². The van der Waals surface area contributed by atoms with E-state index < -0.39 is 5.82 Å². The van der Waals surface area contributed by atoms with Crippen LogP contribution >= 0.6 is 23.2 Å². The molecular weight excluding hydrogens is 302 g/mol. The van der Waals surface area contributed by atoms with Gasteiger partial charge in [0, 0.05) is 5.69 Å². The van der Waals surface area contributed by atoms with Crippen molar-refractivity contribution in [1.82, 2.24) is 0 Å². The quantitative estimate of drug-likeness (QED) is 0.845. The molecule has 1 amide bonds. The number of benzene rings is 2. The number of halogens is 3. The molecule has 6 heteroatoms. The molecular formula is C14H11Cl2FN2O. The lowest BCUT2D eigenvalue weighted by Crippen LogP contribution is -2.15. The molecule has 0 saturated heterocycles. The fourth-order valence-electron chi connectivity index (χ4n) is 1.73. The molecule has 0 atom stereocenters. The highest BCUT2D eigenvalue weighted by atomic mass is 35.5. The summed E-state index contributed by atoms with van der Waals surface area (Å²) in [5, 5.41) is 2.67. The zero-order valence-corrected chi connectivity index (χ0v) is 11.8. The lowest BCUT2D eigenvalue weighted by Gasteiger charge is -2.09. The van der Waals surface area contributed by atoms with Gasteiger partial charge in [-0.3, -0.25) is 4.79 Å². The van der Waals surface area contributed by atoms with Crippen molar-refractivity contribution >= 4 is 40.5 Å². The Balaban J connectivity index is 2.13. The minimum atomic E-state index is -0.561. The van der Waals surface area contributed by atoms with E-state index in [4.69, 9.17) is 28.9 Å². The summed E-state index contributed by atoms with van der Waals surface area (Å²) >= 11 is 11.7. The summed E-state index contributed by atoms with van der Waals surface area (Å²) in [6.07, 6.45) is 0.120. The van der Waals surface area contributed by atoms with Gasteiger partial charge in [-0.05, 0) is 29.8 Å². The van der Waals surface area contributed by atoms with Gasteiger partial charge in [0.25, 0.3) is 0 Å². The highest BCUT2D eigenvalue weighted by Gasteiger charge is 2.12. The molecule has 3 nitrogen and oxygen atoms in total. The summed E-state index contributed by atoms with van der Waals surface area (Å²) in [5.74, 6) is -0.875. The molecule has 0 saturated carbocycles. The maximum atomic E-state index is 13.0. The Bertz CT molecular complexity index is 638. The van der Waals surface area contributed by atoms with Crippen LogP contribution in [0.2, 0.25) is 10.0 Å². The molecule has 2 aromatic carbocycles. The number of nitrogens with two attached hydrogens (primary N) is 1. The van der Waals surface area contributed by atoms with Gasteiger partial charge in [0.15, 0.2) is 0 Å². The van der Waals surface area contributed by atoms with Crippen LogP contribution in [0, 0.1) is 5.82 Å². The molecule has 3 N–H and O–H groups in total. The van der Waals surface area contributed by atoms with Gasteiger partial charge in [0.1, 0.15) is 5.82 Å². The smallest absolute Gasteiger partial charge is 0.228 e. The molecule has 0 unspecified atom stereocenters. The first-order valence-corrected chi connectivity index (χ1v) is 6.50. The molecule has 0 aliphatic rings. The van der Waals surface area contributed by atoms with Gasteiger partial charge in [-0.1, -0.05) is 35.3 Å². The van der Waals surface area contributed by atoms with Crippen LogP contribution in [-0.4, -0.2) is 5.91 Å². The van der Waals surface area contributed by atoms with E-state index in [0.717, 1.165) is 17.7 Å². The molecule has 2 rings (SSSR count). The maximum absolute atomic E-state index is 13.0. The van der Waals surface area contributed by atoms with Crippen molar-refractivity contribution in [3.05, 3.63) is 57.8 Å². The fourth-order valence-corrected chi connectivity index (χ4v) is 2.29. The largest absolute Gasteiger partial charge is 0.399 e. The second kappa shape index (κ2) is 6.11. The molecule has 0 heterocycles. The second-order valence-electron chi connectivity index (χ2n) is 4.21. The summed E-state index contributed by atoms with van der Waals surface area (Å²) in [4.78, 5) is 11.9. The second-order valence-corrected chi connectivity index (χ2v) is 5.03. The monoisotopic (exact) mass is 312 g/mol. The van der Waals surface area contributed by atoms with Crippen LogP contribution in [0.1, 0.15) is 5.56 Å². The van der Waals surface area contributed by atoms with Gasteiger partial charge in [0.2, 0.25) is 5.91 Å². The van der Waals surface area contributed by atoms with Crippen molar-refractivity contribution in [1.29, 1.82) is 0 Å². The van der Waals surface area contributed by atoms with E-state index in [1.807, 2.05) is 0 Å². The van der Waals surface area contributed by atoms with Gasteiger partial charge in [-0.15, -0.1) is 0 Å². The molecule has 0 spiro atoms. The standard InChI is InChI=1S/C14H11Cl2FN2O/c15-11-6-9(17)7-12(16)14(11)19-13(20)5-8-2-1-3-10(18)4-8/h1-4,6-7H,5,18H2,(H,19,20). The van der Waals surface area contributed by atoms with E-state index in [0.29, 0.717) is 5.69 Å². The highest BCUT2D eigenvalue weighted by Crippen LogP contribution is 2.31. The van der Waals surface area contributed by atoms with Crippen LogP contribution in [-0.2, 0) is 11.2 Å². The Hall–Kier alpha value is -1.78. The molecule has 0 bridgehead atoms. The molecule has 104 valence electrons. The average Bonchev–Trinajstić information content (AvgIpc) is 2.33. The third kappa shape index (κ3) is 3.62. The minimum absolute atomic E-state index is 0.0518. The Labute approximate surface area is 125 Å². The van der Waals surface area contributed by atoms with Gasteiger partial charge in [-0.25, -0.2) is 4.39 Å². The van der Waals surface area contributed by atoms with Crippen molar-refractivity contribution in [2.45, 2.75) is 6.42 Å². The first-order chi connectivity index (χ1) is 9.45. The minimum Gasteiger partial charge on any atom is -0.399 e. The number of nitrogen functional groups attached to an aromatic ring is 1. The number of hydrogen-bond acceptors (Lipinski definition) is 2. The number of carbonyl (C=O) groups is 1. The van der Waals surface area contributed by atoms with Crippen molar-refractivity contribution in [2.24, 2.45) is 0 Å². The number of nitrogens with one attached hydrogen (secondary N) is 1. The Morgan fingerprint density at radius 3 is 2.45 bits per heavy atom. The van der Waals surface area contributed by atoms with Crippen LogP contribution in [0.25, 0.3) is 0 Å². The lowest BCUT2D eigenvalue weighted by atomic mass is 10.1. The van der Waals surface area contributed by atoms with Crippen LogP contribution in [0.4, 0.5) is 15.8 Å². The molecule has 0 radical (unpaired) electrons. The summed E-state index contributed by atoms with van der Waals surface area (Å²) in [6.45, 7) is 0. The van der Waals surface area contributed by atoms with Gasteiger partial charge >= 0.3 is 0 Å². The molecule has 0 aliphatic carbocycles. The van der Waals surface area contributed by atoms with E-state index >= 15 is 0 Å². The summed E-state index contributed by atoms with van der Waals surface area (Å²) in [7, 11) is 0. The zero-order valence-electron chi connectivity index (χ0n) is 10.3. The summed E-state index contributed by atoms with van der Waals surface area (Å²) < 4.78 is 13.0. The Morgan fingerprint density at radius 1 is 1.20 bits per heavy atom. The van der Waals surface area contributed by atoms with E-state index in [1.54, 1.807) is 24.3 Å². The first kappa shape index (κ1) is 14.6. The predicted molar refractivity (Wildman–Crippen MR) is 79.6 cm³/mol. The van der Waals surface area contributed by atoms with Crippen molar-refractivity contribution in [2.75, 3.05) is 11.1 Å². The van der Waals surface area contributed by atoms with E-state index in [-0.39, 0.29) is 28.1 Å². The number of rotatable bonds is 3. The molecule has 0 aromatic heterocycles. The number of carbonyl (C=O) groups excluding carboxylic acids is 1. The summed E-state index contributed by atoms with van der Waals surface area (Å²) in [5.41, 5.74) is 7.17. The molecule has 2 aromatic rings. The molecule has 20 heavy (non-hydrogen) atoms. The lowest BCUT2D eigenvalue weighted by molar-refractivity contribution is -0.115. The average molecular weight is 313 g/mol. The fraction of sp³-hybridized carbons (Fsp3) is 0.0714. The van der Waals surface area contributed by atoms with Crippen LogP contribution in [0.5, 0.6) is 0 Å². The zero-order chi connectivity index (χ0) is 14.7. The van der Waals surface area contributed by atoms with Crippen molar-refractivity contribution in [3.63, 3.8) is 0 Å². The normalized spacial score (nSPS) is 10.3. The SMILES string of the molecule is Nc1cccc(CC(=O)Nc2c(Cl)cc(F)cc2Cl)c1. The van der Waals surface area contributed by atoms with Crippen LogP contribution in [0.3, 0.4) is 0 Å². The summed E-state index contributed by atoms with van der Waals surface area (Å²) in [6, 6.07) is 9.15. The van der Waals surface area contributed by atoms with Crippen molar-refractivity contribution < 1.29 is 9.18 Å². The van der Waals surface area contributed by atoms with E-state index in [1.165, 1.54) is 0 Å². The third-order valence-electron chi connectivity index (χ3n) is 2.59. The highest BCUT2D eigenvalue weighted by molar-refractivity contribution is 6.39. The van der Waals surface area contributed by atoms with E-state index in [9.17, 15) is 9.18 Å². The van der Waals surface area contributed by atoms with Crippen LogP contribution < -0.4 is 11.1 Å². The molecule has 0 aliphatic heterocycles. The predicted octanol–water partition coefficient (Wildman–Crippen LogP) is 3.90. The number of hydrogen-bond donors (Lipinski definition) is 2. The topological polar surface area (TPSA) is 55.1 Å². The number of anilines is 2. The first-order valence-electron chi connectivity index (χ1n) is 5.74. The number of amides is 1.